The fraction of sp³-hybridized carbons (Fsp3) is 0.200. The van der Waals surface area contributed by atoms with E-state index in [9.17, 15) is 9.90 Å². The van der Waals surface area contributed by atoms with Gasteiger partial charge in [-0.2, -0.15) is 5.26 Å². The van der Waals surface area contributed by atoms with Crippen LogP contribution in [0.2, 0.25) is 0 Å². The van der Waals surface area contributed by atoms with Crippen LogP contribution in [-0.4, -0.2) is 9.67 Å². The number of aryl methyl sites for hydroxylation is 2. The molecule has 0 amide bonds. The SMILES string of the molecule is Cc1cc(/C=c2\s/c(=C\C#N)n(C)c2=O)cc(C)c1O. The second-order valence-corrected chi connectivity index (χ2v) is 5.65. The van der Waals surface area contributed by atoms with Gasteiger partial charge in [0.25, 0.3) is 5.56 Å². The number of phenolic OH excluding ortho intramolecular Hbond substituents is 1. The Labute approximate surface area is 120 Å². The van der Waals surface area contributed by atoms with Gasteiger partial charge in [-0.25, -0.2) is 0 Å². The summed E-state index contributed by atoms with van der Waals surface area (Å²) < 4.78 is 2.65. The molecule has 2 rings (SSSR count). The average Bonchev–Trinajstić information content (AvgIpc) is 2.65. The van der Waals surface area contributed by atoms with Gasteiger partial charge in [0, 0.05) is 13.1 Å². The smallest absolute Gasteiger partial charge is 0.268 e. The van der Waals surface area contributed by atoms with E-state index in [-0.39, 0.29) is 11.3 Å². The summed E-state index contributed by atoms with van der Waals surface area (Å²) in [4.78, 5) is 12.1. The van der Waals surface area contributed by atoms with Crippen LogP contribution in [0.5, 0.6) is 5.75 Å². The number of rotatable bonds is 1. The third-order valence-electron chi connectivity index (χ3n) is 3.06. The molecule has 0 aliphatic carbocycles. The van der Waals surface area contributed by atoms with Crippen molar-refractivity contribution in [1.82, 2.24) is 4.57 Å². The molecule has 102 valence electrons. The topological polar surface area (TPSA) is 66.0 Å². The molecule has 0 saturated carbocycles. The van der Waals surface area contributed by atoms with Crippen molar-refractivity contribution in [3.63, 3.8) is 0 Å². The third kappa shape index (κ3) is 2.51. The highest BCUT2D eigenvalue weighted by atomic mass is 32.1. The molecule has 0 fully saturated rings. The molecule has 0 spiro atoms. The van der Waals surface area contributed by atoms with Crippen molar-refractivity contribution >= 4 is 23.5 Å². The molecular formula is C15H14N2O2S. The first-order valence-corrected chi connectivity index (χ1v) is 6.83. The van der Waals surface area contributed by atoms with Crippen molar-refractivity contribution < 1.29 is 5.11 Å². The van der Waals surface area contributed by atoms with Gasteiger partial charge < -0.3 is 9.67 Å². The minimum Gasteiger partial charge on any atom is -0.507 e. The van der Waals surface area contributed by atoms with Crippen LogP contribution in [0.25, 0.3) is 12.2 Å². The molecule has 4 nitrogen and oxygen atoms in total. The van der Waals surface area contributed by atoms with E-state index in [2.05, 4.69) is 0 Å². The monoisotopic (exact) mass is 286 g/mol. The van der Waals surface area contributed by atoms with Gasteiger partial charge in [0.05, 0.1) is 10.6 Å². The van der Waals surface area contributed by atoms with E-state index in [1.165, 1.54) is 22.0 Å². The minimum atomic E-state index is -0.125. The lowest BCUT2D eigenvalue weighted by Crippen LogP contribution is -2.28. The number of thiazole rings is 1. The van der Waals surface area contributed by atoms with Crippen LogP contribution in [0.1, 0.15) is 16.7 Å². The minimum absolute atomic E-state index is 0.125. The molecule has 1 aromatic heterocycles. The Hall–Kier alpha value is -2.32. The van der Waals surface area contributed by atoms with Gasteiger partial charge in [-0.15, -0.1) is 11.3 Å². The van der Waals surface area contributed by atoms with Crippen LogP contribution >= 0.6 is 11.3 Å². The van der Waals surface area contributed by atoms with Crippen molar-refractivity contribution in [3.8, 4) is 11.8 Å². The molecule has 1 N–H and O–H groups in total. The highest BCUT2D eigenvalue weighted by Gasteiger charge is 2.04. The quantitative estimate of drug-likeness (QED) is 0.847. The van der Waals surface area contributed by atoms with E-state index in [4.69, 9.17) is 5.26 Å². The zero-order chi connectivity index (χ0) is 14.9. The number of nitrogens with zero attached hydrogens (tertiary/aromatic N) is 2. The summed E-state index contributed by atoms with van der Waals surface area (Å²) >= 11 is 1.28. The Morgan fingerprint density at radius 3 is 2.50 bits per heavy atom. The first kappa shape index (κ1) is 14.1. The maximum absolute atomic E-state index is 12.1. The molecule has 2 aromatic rings. The zero-order valence-electron chi connectivity index (χ0n) is 11.5. The van der Waals surface area contributed by atoms with Gasteiger partial charge in [-0.05, 0) is 48.7 Å². The summed E-state index contributed by atoms with van der Waals surface area (Å²) in [7, 11) is 1.65. The van der Waals surface area contributed by atoms with Crippen molar-refractivity contribution in [2.24, 2.45) is 7.05 Å². The second kappa shape index (κ2) is 5.35. The first-order valence-electron chi connectivity index (χ1n) is 6.01. The molecule has 5 heteroatoms. The van der Waals surface area contributed by atoms with E-state index < -0.39 is 0 Å². The number of hydrogen-bond donors (Lipinski definition) is 1. The molecule has 1 aromatic carbocycles. The summed E-state index contributed by atoms with van der Waals surface area (Å²) in [6, 6.07) is 5.59. The van der Waals surface area contributed by atoms with Gasteiger partial charge in [-0.3, -0.25) is 4.79 Å². The summed E-state index contributed by atoms with van der Waals surface area (Å²) in [6.07, 6.45) is 3.14. The van der Waals surface area contributed by atoms with E-state index in [0.717, 1.165) is 16.7 Å². The number of phenols is 1. The summed E-state index contributed by atoms with van der Waals surface area (Å²) in [5.41, 5.74) is 2.28. The predicted molar refractivity (Wildman–Crippen MR) is 80.0 cm³/mol. The second-order valence-electron chi connectivity index (χ2n) is 4.59. The number of nitriles is 1. The normalized spacial score (nSPS) is 12.7. The van der Waals surface area contributed by atoms with E-state index in [1.807, 2.05) is 32.0 Å². The molecule has 0 saturated heterocycles. The lowest BCUT2D eigenvalue weighted by atomic mass is 10.1. The third-order valence-corrected chi connectivity index (χ3v) is 4.17. The molecule has 0 bridgehead atoms. The molecule has 1 heterocycles. The summed E-state index contributed by atoms with van der Waals surface area (Å²) in [5, 5.41) is 18.4. The van der Waals surface area contributed by atoms with Gasteiger partial charge in [0.15, 0.2) is 0 Å². The zero-order valence-corrected chi connectivity index (χ0v) is 12.3. The van der Waals surface area contributed by atoms with E-state index in [1.54, 1.807) is 13.1 Å². The molecule has 0 radical (unpaired) electrons. The first-order chi connectivity index (χ1) is 9.43. The number of hydrogen-bond acceptors (Lipinski definition) is 4. The summed E-state index contributed by atoms with van der Waals surface area (Å²) in [6.45, 7) is 3.64. The average molecular weight is 286 g/mol. The van der Waals surface area contributed by atoms with E-state index in [0.29, 0.717) is 9.20 Å². The molecule has 0 atom stereocenters. The largest absolute Gasteiger partial charge is 0.507 e. The lowest BCUT2D eigenvalue weighted by molar-refractivity contribution is 0.467. The van der Waals surface area contributed by atoms with Crippen molar-refractivity contribution in [1.29, 1.82) is 5.26 Å². The van der Waals surface area contributed by atoms with Crippen LogP contribution in [-0.2, 0) is 7.05 Å². The van der Waals surface area contributed by atoms with Crippen LogP contribution in [0.15, 0.2) is 16.9 Å². The Balaban J connectivity index is 2.70. The maximum atomic E-state index is 12.1. The van der Waals surface area contributed by atoms with Crippen molar-refractivity contribution in [2.75, 3.05) is 0 Å². The fourth-order valence-corrected chi connectivity index (χ4v) is 2.96. The van der Waals surface area contributed by atoms with Gasteiger partial charge in [0.1, 0.15) is 10.4 Å². The maximum Gasteiger partial charge on any atom is 0.268 e. The number of aromatic nitrogens is 1. The van der Waals surface area contributed by atoms with Crippen LogP contribution < -0.4 is 14.8 Å². The number of benzene rings is 1. The predicted octanol–water partition coefficient (Wildman–Crippen LogP) is 0.902. The Kier molecular flexibility index (Phi) is 3.77. The molecule has 0 aliphatic heterocycles. The molecule has 0 unspecified atom stereocenters. The molecular weight excluding hydrogens is 272 g/mol. The standard InChI is InChI=1S/C15H14N2O2S/c1-9-6-11(7-10(2)14(9)18)8-12-15(19)17(3)13(20-12)4-5-16/h4,6-8,18H,1-3H3/b12-8-,13-4-. The highest BCUT2D eigenvalue weighted by Crippen LogP contribution is 2.22. The highest BCUT2D eigenvalue weighted by molar-refractivity contribution is 7.07. The van der Waals surface area contributed by atoms with Gasteiger partial charge in [-0.1, -0.05) is 0 Å². The van der Waals surface area contributed by atoms with Crippen LogP contribution in [0.4, 0.5) is 0 Å². The van der Waals surface area contributed by atoms with Crippen molar-refractivity contribution in [2.45, 2.75) is 13.8 Å². The Bertz CT molecular complexity index is 859. The Morgan fingerprint density at radius 1 is 1.35 bits per heavy atom. The fourth-order valence-electron chi connectivity index (χ4n) is 1.99. The van der Waals surface area contributed by atoms with Crippen LogP contribution in [0, 0.1) is 25.2 Å². The lowest BCUT2D eigenvalue weighted by Gasteiger charge is -2.04. The van der Waals surface area contributed by atoms with E-state index >= 15 is 0 Å². The molecule has 0 aliphatic rings. The Morgan fingerprint density at radius 2 is 1.95 bits per heavy atom. The summed E-state index contributed by atoms with van der Waals surface area (Å²) in [5.74, 6) is 0.278. The molecule has 20 heavy (non-hydrogen) atoms. The van der Waals surface area contributed by atoms with Crippen LogP contribution in [0.3, 0.4) is 0 Å². The van der Waals surface area contributed by atoms with Crippen molar-refractivity contribution in [3.05, 3.63) is 48.4 Å². The van der Waals surface area contributed by atoms with Gasteiger partial charge in [0.2, 0.25) is 0 Å². The van der Waals surface area contributed by atoms with Gasteiger partial charge >= 0.3 is 0 Å². The number of aromatic hydroxyl groups is 1.